The minimum atomic E-state index is 0.255. The van der Waals surface area contributed by atoms with Crippen LogP contribution in [0.5, 0.6) is 0 Å². The van der Waals surface area contributed by atoms with Gasteiger partial charge in [0.25, 0.3) is 0 Å². The molecule has 14 heavy (non-hydrogen) atoms. The van der Waals surface area contributed by atoms with Crippen molar-refractivity contribution in [1.82, 2.24) is 10.2 Å². The van der Waals surface area contributed by atoms with Crippen molar-refractivity contribution in [3.8, 4) is 0 Å². The van der Waals surface area contributed by atoms with E-state index in [9.17, 15) is 0 Å². The number of likely N-dealkylation sites (tertiary alicyclic amines) is 1. The second kappa shape index (κ2) is 5.10. The van der Waals surface area contributed by atoms with Gasteiger partial charge in [-0.15, -0.1) is 0 Å². The van der Waals surface area contributed by atoms with Crippen molar-refractivity contribution >= 4 is 0 Å². The zero-order valence-corrected chi connectivity index (χ0v) is 8.91. The van der Waals surface area contributed by atoms with Crippen LogP contribution in [0.3, 0.4) is 0 Å². The highest BCUT2D eigenvalue weighted by atomic mass is 16.3. The van der Waals surface area contributed by atoms with Crippen LogP contribution in [0.25, 0.3) is 0 Å². The molecule has 0 radical (unpaired) electrons. The number of hydrogen-bond acceptors (Lipinski definition) is 3. The van der Waals surface area contributed by atoms with Crippen molar-refractivity contribution in [1.29, 1.82) is 0 Å². The number of aliphatic hydroxyl groups is 1. The molecule has 2 rings (SSSR count). The molecule has 3 heteroatoms. The van der Waals surface area contributed by atoms with E-state index in [1.807, 2.05) is 0 Å². The molecule has 1 aliphatic heterocycles. The Morgan fingerprint density at radius 1 is 1.14 bits per heavy atom. The summed E-state index contributed by atoms with van der Waals surface area (Å²) >= 11 is 0. The Morgan fingerprint density at radius 3 is 2.50 bits per heavy atom. The van der Waals surface area contributed by atoms with E-state index in [4.69, 9.17) is 5.11 Å². The highest BCUT2D eigenvalue weighted by Crippen LogP contribution is 2.35. The van der Waals surface area contributed by atoms with Crippen molar-refractivity contribution < 1.29 is 5.11 Å². The molecule has 0 spiro atoms. The quantitative estimate of drug-likeness (QED) is 0.624. The van der Waals surface area contributed by atoms with E-state index in [1.54, 1.807) is 0 Å². The molecule has 2 aliphatic rings. The molecule has 1 saturated carbocycles. The van der Waals surface area contributed by atoms with Gasteiger partial charge in [-0.2, -0.15) is 0 Å². The standard InChI is InChI=1S/C11H22N2O/c14-6-4-12-3-5-13-8-10-1-2-11(7-10)9-13/h10-12,14H,1-9H2. The van der Waals surface area contributed by atoms with Crippen LogP contribution in [0, 0.1) is 11.8 Å². The van der Waals surface area contributed by atoms with E-state index in [-0.39, 0.29) is 6.61 Å². The highest BCUT2D eigenvalue weighted by molar-refractivity contribution is 4.85. The lowest BCUT2D eigenvalue weighted by atomic mass is 9.99. The number of piperidine rings is 1. The third kappa shape index (κ3) is 2.69. The molecule has 0 aromatic heterocycles. The van der Waals surface area contributed by atoms with Crippen molar-refractivity contribution in [3.05, 3.63) is 0 Å². The molecule has 82 valence electrons. The molecule has 3 nitrogen and oxygen atoms in total. The summed E-state index contributed by atoms with van der Waals surface area (Å²) < 4.78 is 0. The second-order valence-electron chi connectivity index (χ2n) is 4.78. The van der Waals surface area contributed by atoms with Gasteiger partial charge in [0.15, 0.2) is 0 Å². The van der Waals surface area contributed by atoms with Crippen molar-refractivity contribution in [2.75, 3.05) is 39.3 Å². The molecule has 1 aliphatic carbocycles. The summed E-state index contributed by atoms with van der Waals surface area (Å²) in [6, 6.07) is 0. The maximum atomic E-state index is 8.62. The summed E-state index contributed by atoms with van der Waals surface area (Å²) in [5.41, 5.74) is 0. The van der Waals surface area contributed by atoms with Crippen LogP contribution >= 0.6 is 0 Å². The van der Waals surface area contributed by atoms with Gasteiger partial charge in [-0.05, 0) is 31.1 Å². The molecule has 2 unspecified atom stereocenters. The SMILES string of the molecule is OCCNCCN1CC2CCC(C2)C1. The first-order valence-electron chi connectivity index (χ1n) is 5.92. The Bertz CT molecular complexity index is 163. The Balaban J connectivity index is 1.62. The Kier molecular flexibility index (Phi) is 3.79. The fourth-order valence-corrected chi connectivity index (χ4v) is 2.94. The lowest BCUT2D eigenvalue weighted by Gasteiger charge is -2.31. The molecule has 2 bridgehead atoms. The van der Waals surface area contributed by atoms with Crippen LogP contribution in [0.2, 0.25) is 0 Å². The smallest absolute Gasteiger partial charge is 0.0555 e. The summed E-state index contributed by atoms with van der Waals surface area (Å²) in [4.78, 5) is 2.59. The van der Waals surface area contributed by atoms with Crippen molar-refractivity contribution in [2.24, 2.45) is 11.8 Å². The van der Waals surface area contributed by atoms with Crippen LogP contribution < -0.4 is 5.32 Å². The summed E-state index contributed by atoms with van der Waals surface area (Å²) in [5.74, 6) is 1.98. The molecule has 1 heterocycles. The van der Waals surface area contributed by atoms with Crippen LogP contribution in [0.15, 0.2) is 0 Å². The molecule has 2 N–H and O–H groups in total. The van der Waals surface area contributed by atoms with E-state index < -0.39 is 0 Å². The first-order valence-corrected chi connectivity index (χ1v) is 5.92. The first-order chi connectivity index (χ1) is 6.88. The third-order valence-corrected chi connectivity index (χ3v) is 3.58. The number of rotatable bonds is 5. The topological polar surface area (TPSA) is 35.5 Å². The van der Waals surface area contributed by atoms with Gasteiger partial charge >= 0.3 is 0 Å². The van der Waals surface area contributed by atoms with E-state index in [0.717, 1.165) is 31.5 Å². The molecule has 0 aromatic carbocycles. The van der Waals surface area contributed by atoms with E-state index in [0.29, 0.717) is 0 Å². The molecule has 0 amide bonds. The molecule has 2 fully saturated rings. The maximum Gasteiger partial charge on any atom is 0.0555 e. The summed E-state index contributed by atoms with van der Waals surface area (Å²) in [6.45, 7) is 5.81. The fraction of sp³-hybridized carbons (Fsp3) is 1.00. The molecular formula is C11H22N2O. The van der Waals surface area contributed by atoms with Gasteiger partial charge in [-0.3, -0.25) is 0 Å². The van der Waals surface area contributed by atoms with Crippen molar-refractivity contribution in [2.45, 2.75) is 19.3 Å². The van der Waals surface area contributed by atoms with Crippen LogP contribution in [0.4, 0.5) is 0 Å². The minimum absolute atomic E-state index is 0.255. The van der Waals surface area contributed by atoms with Gasteiger partial charge in [-0.25, -0.2) is 0 Å². The molecule has 0 aromatic rings. The van der Waals surface area contributed by atoms with Crippen LogP contribution in [-0.4, -0.2) is 49.3 Å². The number of fused-ring (bicyclic) bond motifs is 2. The summed E-state index contributed by atoms with van der Waals surface area (Å²) in [5, 5.41) is 11.9. The highest BCUT2D eigenvalue weighted by Gasteiger charge is 2.32. The van der Waals surface area contributed by atoms with Gasteiger partial charge in [0.1, 0.15) is 0 Å². The average molecular weight is 198 g/mol. The van der Waals surface area contributed by atoms with Gasteiger partial charge in [0.2, 0.25) is 0 Å². The van der Waals surface area contributed by atoms with E-state index in [1.165, 1.54) is 32.4 Å². The lowest BCUT2D eigenvalue weighted by molar-refractivity contribution is 0.167. The van der Waals surface area contributed by atoms with Gasteiger partial charge in [0, 0.05) is 32.7 Å². The number of nitrogens with zero attached hydrogens (tertiary/aromatic N) is 1. The zero-order valence-electron chi connectivity index (χ0n) is 8.91. The predicted octanol–water partition coefficient (Wildman–Crippen LogP) is 0.300. The first kappa shape index (κ1) is 10.4. The molecule has 1 saturated heterocycles. The fourth-order valence-electron chi connectivity index (χ4n) is 2.94. The summed E-state index contributed by atoms with van der Waals surface area (Å²) in [6.07, 6.45) is 4.41. The van der Waals surface area contributed by atoms with Crippen LogP contribution in [-0.2, 0) is 0 Å². The number of nitrogens with one attached hydrogen (secondary N) is 1. The second-order valence-corrected chi connectivity index (χ2v) is 4.78. The van der Waals surface area contributed by atoms with E-state index in [2.05, 4.69) is 10.2 Å². The van der Waals surface area contributed by atoms with Gasteiger partial charge in [0.05, 0.1) is 6.61 Å². The molecule has 2 atom stereocenters. The van der Waals surface area contributed by atoms with Crippen molar-refractivity contribution in [3.63, 3.8) is 0 Å². The Labute approximate surface area is 86.5 Å². The molecular weight excluding hydrogens is 176 g/mol. The minimum Gasteiger partial charge on any atom is -0.395 e. The van der Waals surface area contributed by atoms with E-state index >= 15 is 0 Å². The number of hydrogen-bond donors (Lipinski definition) is 2. The Morgan fingerprint density at radius 2 is 1.86 bits per heavy atom. The van der Waals surface area contributed by atoms with Crippen LogP contribution in [0.1, 0.15) is 19.3 Å². The average Bonchev–Trinajstić information content (AvgIpc) is 2.53. The van der Waals surface area contributed by atoms with Gasteiger partial charge in [-0.1, -0.05) is 0 Å². The normalized spacial score (nSPS) is 32.4. The lowest BCUT2D eigenvalue weighted by Crippen LogP contribution is -2.40. The Hall–Kier alpha value is -0.120. The predicted molar refractivity (Wildman–Crippen MR) is 57.2 cm³/mol. The number of aliphatic hydroxyl groups excluding tert-OH is 1. The third-order valence-electron chi connectivity index (χ3n) is 3.58. The largest absolute Gasteiger partial charge is 0.395 e. The monoisotopic (exact) mass is 198 g/mol. The summed E-state index contributed by atoms with van der Waals surface area (Å²) in [7, 11) is 0. The maximum absolute atomic E-state index is 8.62. The van der Waals surface area contributed by atoms with Gasteiger partial charge < -0.3 is 15.3 Å². The zero-order chi connectivity index (χ0) is 9.80.